The molecule has 144 valence electrons. The van der Waals surface area contributed by atoms with Gasteiger partial charge in [0, 0.05) is 17.5 Å². The van der Waals surface area contributed by atoms with E-state index in [0.717, 1.165) is 37.0 Å². The molecule has 0 radical (unpaired) electrons. The first-order chi connectivity index (χ1) is 12.5. The van der Waals surface area contributed by atoms with Crippen molar-refractivity contribution in [2.45, 2.75) is 64.3 Å². The number of halogens is 1. The van der Waals surface area contributed by atoms with E-state index in [9.17, 15) is 9.59 Å². The molecule has 0 heterocycles. The third-order valence-electron chi connectivity index (χ3n) is 4.50. The molecule has 26 heavy (non-hydrogen) atoms. The average molecular weight is 382 g/mol. The molecule has 1 fully saturated rings. The minimum absolute atomic E-state index is 0.202. The first-order valence-electron chi connectivity index (χ1n) is 9.38. The molecule has 0 bridgehead atoms. The summed E-state index contributed by atoms with van der Waals surface area (Å²) in [5.41, 5.74) is 0.954. The van der Waals surface area contributed by atoms with Crippen LogP contribution in [0.1, 0.15) is 56.9 Å². The zero-order valence-corrected chi connectivity index (χ0v) is 16.1. The van der Waals surface area contributed by atoms with Crippen LogP contribution in [0.4, 0.5) is 0 Å². The summed E-state index contributed by atoms with van der Waals surface area (Å²) in [7, 11) is 0. The number of carbonyl (C=O) groups is 2. The third kappa shape index (κ3) is 7.65. The van der Waals surface area contributed by atoms with Crippen LogP contribution < -0.4 is 10.1 Å². The Morgan fingerprint density at radius 2 is 1.92 bits per heavy atom. The Kier molecular flexibility index (Phi) is 8.75. The van der Waals surface area contributed by atoms with Gasteiger partial charge >= 0.3 is 5.97 Å². The monoisotopic (exact) mass is 381 g/mol. The number of rotatable bonds is 8. The Labute approximate surface area is 160 Å². The van der Waals surface area contributed by atoms with Gasteiger partial charge in [-0.3, -0.25) is 9.59 Å². The predicted molar refractivity (Wildman–Crippen MR) is 102 cm³/mol. The van der Waals surface area contributed by atoms with Gasteiger partial charge in [0.15, 0.2) is 6.61 Å². The molecule has 0 unspecified atom stereocenters. The standard InChI is InChI=1S/C20H28ClNO4/c1-15-13-16(21)10-11-18(15)25-12-6-9-20(24)26-14-19(23)22-17-7-4-2-3-5-8-17/h10-11,13,17H,2-9,12,14H2,1H3,(H,22,23). The summed E-state index contributed by atoms with van der Waals surface area (Å²) in [6.45, 7) is 2.13. The second kappa shape index (κ2) is 11.1. The summed E-state index contributed by atoms with van der Waals surface area (Å²) < 4.78 is 10.7. The molecule has 0 atom stereocenters. The summed E-state index contributed by atoms with van der Waals surface area (Å²) in [5.74, 6) is 0.168. The Bertz CT molecular complexity index is 597. The molecule has 0 saturated heterocycles. The van der Waals surface area contributed by atoms with Crippen molar-refractivity contribution < 1.29 is 19.1 Å². The molecule has 1 aliphatic rings. The number of carbonyl (C=O) groups excluding carboxylic acids is 2. The summed E-state index contributed by atoms with van der Waals surface area (Å²) in [5, 5.41) is 3.63. The minimum atomic E-state index is -0.377. The van der Waals surface area contributed by atoms with Crippen molar-refractivity contribution in [3.63, 3.8) is 0 Å². The van der Waals surface area contributed by atoms with E-state index in [1.807, 2.05) is 19.1 Å². The van der Waals surface area contributed by atoms with Crippen LogP contribution in [0.5, 0.6) is 5.75 Å². The molecule has 1 N–H and O–H groups in total. The SMILES string of the molecule is Cc1cc(Cl)ccc1OCCCC(=O)OCC(=O)NC1CCCCCC1. The van der Waals surface area contributed by atoms with E-state index in [0.29, 0.717) is 18.1 Å². The van der Waals surface area contributed by atoms with Crippen LogP contribution in [-0.2, 0) is 14.3 Å². The number of hydrogen-bond acceptors (Lipinski definition) is 4. The molecule has 1 saturated carbocycles. The predicted octanol–water partition coefficient (Wildman–Crippen LogP) is 4.19. The lowest BCUT2D eigenvalue weighted by atomic mass is 10.1. The fourth-order valence-electron chi connectivity index (χ4n) is 3.08. The Morgan fingerprint density at radius 3 is 2.62 bits per heavy atom. The summed E-state index contributed by atoms with van der Waals surface area (Å²) >= 11 is 5.90. The van der Waals surface area contributed by atoms with Crippen molar-refractivity contribution in [2.24, 2.45) is 0 Å². The fourth-order valence-corrected chi connectivity index (χ4v) is 3.31. The first kappa shape index (κ1) is 20.6. The van der Waals surface area contributed by atoms with Gasteiger partial charge in [-0.1, -0.05) is 37.3 Å². The van der Waals surface area contributed by atoms with E-state index < -0.39 is 0 Å². The molecule has 0 aliphatic heterocycles. The topological polar surface area (TPSA) is 64.6 Å². The zero-order chi connectivity index (χ0) is 18.8. The van der Waals surface area contributed by atoms with E-state index in [-0.39, 0.29) is 30.9 Å². The second-order valence-corrected chi connectivity index (χ2v) is 7.21. The number of amides is 1. The van der Waals surface area contributed by atoms with Crippen molar-refractivity contribution in [1.29, 1.82) is 0 Å². The maximum atomic E-state index is 11.9. The number of hydrogen-bond donors (Lipinski definition) is 1. The first-order valence-corrected chi connectivity index (χ1v) is 9.76. The van der Waals surface area contributed by atoms with Gasteiger partial charge < -0.3 is 14.8 Å². The van der Waals surface area contributed by atoms with E-state index in [1.165, 1.54) is 12.8 Å². The highest BCUT2D eigenvalue weighted by Gasteiger charge is 2.15. The summed E-state index contributed by atoms with van der Waals surface area (Å²) in [4.78, 5) is 23.6. The maximum Gasteiger partial charge on any atom is 0.306 e. The number of ether oxygens (including phenoxy) is 2. The molecular formula is C20H28ClNO4. The second-order valence-electron chi connectivity index (χ2n) is 6.78. The molecule has 0 aromatic heterocycles. The zero-order valence-electron chi connectivity index (χ0n) is 15.4. The summed E-state index contributed by atoms with van der Waals surface area (Å²) in [6.07, 6.45) is 7.56. The van der Waals surface area contributed by atoms with E-state index >= 15 is 0 Å². The number of aryl methyl sites for hydroxylation is 1. The van der Waals surface area contributed by atoms with E-state index in [4.69, 9.17) is 21.1 Å². The highest BCUT2D eigenvalue weighted by atomic mass is 35.5. The van der Waals surface area contributed by atoms with Crippen LogP contribution in [0.25, 0.3) is 0 Å². The van der Waals surface area contributed by atoms with Gasteiger partial charge in [-0.05, 0) is 49.9 Å². The van der Waals surface area contributed by atoms with Crippen LogP contribution in [0.15, 0.2) is 18.2 Å². The molecule has 1 aliphatic carbocycles. The van der Waals surface area contributed by atoms with Gasteiger partial charge in [-0.25, -0.2) is 0 Å². The lowest BCUT2D eigenvalue weighted by molar-refractivity contribution is -0.148. The minimum Gasteiger partial charge on any atom is -0.493 e. The smallest absolute Gasteiger partial charge is 0.306 e. The third-order valence-corrected chi connectivity index (χ3v) is 4.74. The van der Waals surface area contributed by atoms with Gasteiger partial charge in [-0.2, -0.15) is 0 Å². The summed E-state index contributed by atoms with van der Waals surface area (Å²) in [6, 6.07) is 5.64. The molecule has 0 spiro atoms. The van der Waals surface area contributed by atoms with E-state index in [2.05, 4.69) is 5.32 Å². The van der Waals surface area contributed by atoms with Crippen molar-refractivity contribution in [3.8, 4) is 5.75 Å². The van der Waals surface area contributed by atoms with Crippen LogP contribution in [0.3, 0.4) is 0 Å². The van der Waals surface area contributed by atoms with Crippen LogP contribution >= 0.6 is 11.6 Å². The van der Waals surface area contributed by atoms with Gasteiger partial charge in [0.1, 0.15) is 5.75 Å². The Balaban J connectivity index is 1.57. The lowest BCUT2D eigenvalue weighted by Gasteiger charge is -2.16. The molecule has 5 nitrogen and oxygen atoms in total. The van der Waals surface area contributed by atoms with Crippen molar-refractivity contribution in [2.75, 3.05) is 13.2 Å². The average Bonchev–Trinajstić information content (AvgIpc) is 2.87. The molecule has 1 amide bonds. The molecule has 6 heteroatoms. The Hall–Kier alpha value is -1.75. The molecular weight excluding hydrogens is 354 g/mol. The normalized spacial score (nSPS) is 15.2. The maximum absolute atomic E-state index is 11.9. The molecule has 2 rings (SSSR count). The van der Waals surface area contributed by atoms with E-state index in [1.54, 1.807) is 6.07 Å². The van der Waals surface area contributed by atoms with Crippen LogP contribution in [0.2, 0.25) is 5.02 Å². The molecule has 1 aromatic rings. The fraction of sp³-hybridized carbons (Fsp3) is 0.600. The largest absolute Gasteiger partial charge is 0.493 e. The lowest BCUT2D eigenvalue weighted by Crippen LogP contribution is -2.37. The van der Waals surface area contributed by atoms with Crippen LogP contribution in [-0.4, -0.2) is 31.1 Å². The van der Waals surface area contributed by atoms with Gasteiger partial charge in [0.05, 0.1) is 6.61 Å². The van der Waals surface area contributed by atoms with Gasteiger partial charge in [0.25, 0.3) is 5.91 Å². The van der Waals surface area contributed by atoms with Crippen molar-refractivity contribution in [1.82, 2.24) is 5.32 Å². The van der Waals surface area contributed by atoms with Crippen molar-refractivity contribution >= 4 is 23.5 Å². The van der Waals surface area contributed by atoms with Crippen molar-refractivity contribution in [3.05, 3.63) is 28.8 Å². The number of benzene rings is 1. The molecule has 1 aromatic carbocycles. The van der Waals surface area contributed by atoms with Gasteiger partial charge in [0.2, 0.25) is 0 Å². The van der Waals surface area contributed by atoms with Crippen LogP contribution in [0, 0.1) is 6.92 Å². The highest BCUT2D eigenvalue weighted by Crippen LogP contribution is 2.22. The number of nitrogens with one attached hydrogen (secondary N) is 1. The highest BCUT2D eigenvalue weighted by molar-refractivity contribution is 6.30. The van der Waals surface area contributed by atoms with Gasteiger partial charge in [-0.15, -0.1) is 0 Å². The quantitative estimate of drug-likeness (QED) is 0.416. The number of esters is 1. The Morgan fingerprint density at radius 1 is 1.19 bits per heavy atom.